The van der Waals surface area contributed by atoms with Crippen molar-refractivity contribution < 1.29 is 19.1 Å². The van der Waals surface area contributed by atoms with Gasteiger partial charge in [0.2, 0.25) is 5.91 Å². The highest BCUT2D eigenvalue weighted by atomic mass is 35.5. The zero-order valence-electron chi connectivity index (χ0n) is 15.7. The van der Waals surface area contributed by atoms with Crippen molar-refractivity contribution in [2.75, 3.05) is 31.4 Å². The van der Waals surface area contributed by atoms with Gasteiger partial charge in [0.15, 0.2) is 0 Å². The van der Waals surface area contributed by atoms with E-state index in [-0.39, 0.29) is 11.9 Å². The third-order valence-electron chi connectivity index (χ3n) is 4.56. The molecule has 3 amide bonds. The lowest BCUT2D eigenvalue weighted by Crippen LogP contribution is -2.45. The van der Waals surface area contributed by atoms with Gasteiger partial charge in [0, 0.05) is 23.3 Å². The van der Waals surface area contributed by atoms with E-state index < -0.39 is 6.04 Å². The fraction of sp³-hybridized carbons (Fsp3) is 0.300. The molecule has 8 heteroatoms. The molecule has 0 aromatic heterocycles. The molecule has 1 fully saturated rings. The van der Waals surface area contributed by atoms with Gasteiger partial charge in [-0.25, -0.2) is 4.79 Å². The van der Waals surface area contributed by atoms with Gasteiger partial charge in [0.25, 0.3) is 0 Å². The van der Waals surface area contributed by atoms with Crippen LogP contribution < -0.4 is 20.1 Å². The second-order valence-corrected chi connectivity index (χ2v) is 6.78. The van der Waals surface area contributed by atoms with Gasteiger partial charge in [-0.05, 0) is 43.2 Å². The lowest BCUT2D eigenvalue weighted by Gasteiger charge is -2.24. The van der Waals surface area contributed by atoms with Crippen LogP contribution in [0.2, 0.25) is 5.02 Å². The van der Waals surface area contributed by atoms with Crippen LogP contribution in [0, 0.1) is 0 Å². The minimum absolute atomic E-state index is 0.279. The Morgan fingerprint density at radius 3 is 2.68 bits per heavy atom. The average Bonchev–Trinajstić information content (AvgIpc) is 3.18. The lowest BCUT2D eigenvalue weighted by molar-refractivity contribution is -0.119. The fourth-order valence-electron chi connectivity index (χ4n) is 3.17. The quantitative estimate of drug-likeness (QED) is 0.791. The smallest absolute Gasteiger partial charge is 0.322 e. The summed E-state index contributed by atoms with van der Waals surface area (Å²) in [4.78, 5) is 27.1. The number of hydrogen-bond acceptors (Lipinski definition) is 4. The van der Waals surface area contributed by atoms with Crippen LogP contribution in [0.15, 0.2) is 42.5 Å². The number of methoxy groups -OCH3 is 2. The Kier molecular flexibility index (Phi) is 6.26. The third kappa shape index (κ3) is 4.48. The van der Waals surface area contributed by atoms with Crippen LogP contribution in [0.5, 0.6) is 11.5 Å². The van der Waals surface area contributed by atoms with E-state index in [9.17, 15) is 9.59 Å². The normalized spacial score (nSPS) is 15.8. The van der Waals surface area contributed by atoms with E-state index in [2.05, 4.69) is 10.6 Å². The first-order valence-corrected chi connectivity index (χ1v) is 9.25. The first kappa shape index (κ1) is 19.8. The summed E-state index contributed by atoms with van der Waals surface area (Å²) < 4.78 is 10.4. The summed E-state index contributed by atoms with van der Waals surface area (Å²) in [6, 6.07) is 11.1. The Balaban J connectivity index is 1.70. The summed E-state index contributed by atoms with van der Waals surface area (Å²) in [5, 5.41) is 6.12. The SMILES string of the molecule is COc1cccc(NC(=O)N2CCC[C@@H]2C(=O)Nc2cc(Cl)ccc2OC)c1. The topological polar surface area (TPSA) is 79.9 Å². The summed E-state index contributed by atoms with van der Waals surface area (Å²) in [6.07, 6.45) is 1.33. The Hall–Kier alpha value is -2.93. The summed E-state index contributed by atoms with van der Waals surface area (Å²) >= 11 is 6.02. The zero-order valence-corrected chi connectivity index (χ0v) is 16.5. The molecule has 1 aliphatic heterocycles. The lowest BCUT2D eigenvalue weighted by atomic mass is 10.2. The van der Waals surface area contributed by atoms with Gasteiger partial charge in [-0.1, -0.05) is 17.7 Å². The molecule has 2 aromatic carbocycles. The Morgan fingerprint density at radius 2 is 1.93 bits per heavy atom. The fourth-order valence-corrected chi connectivity index (χ4v) is 3.34. The van der Waals surface area contributed by atoms with Crippen molar-refractivity contribution in [3.05, 3.63) is 47.5 Å². The van der Waals surface area contributed by atoms with Crippen molar-refractivity contribution in [3.8, 4) is 11.5 Å². The molecule has 2 aromatic rings. The standard InChI is InChI=1S/C20H22ClN3O4/c1-27-15-6-3-5-14(12-15)22-20(26)24-10-4-7-17(24)19(25)23-16-11-13(21)8-9-18(16)28-2/h3,5-6,8-9,11-12,17H,4,7,10H2,1-2H3,(H,22,26)(H,23,25)/t17-/m1/s1. The monoisotopic (exact) mass is 403 g/mol. The second-order valence-electron chi connectivity index (χ2n) is 6.35. The van der Waals surface area contributed by atoms with Gasteiger partial charge in [-0.3, -0.25) is 4.79 Å². The molecule has 28 heavy (non-hydrogen) atoms. The molecule has 0 unspecified atom stereocenters. The number of hydrogen-bond donors (Lipinski definition) is 2. The van der Waals surface area contributed by atoms with Crippen LogP contribution >= 0.6 is 11.6 Å². The molecule has 0 spiro atoms. The number of ether oxygens (including phenoxy) is 2. The number of amides is 3. The molecule has 0 bridgehead atoms. The van der Waals surface area contributed by atoms with E-state index in [4.69, 9.17) is 21.1 Å². The van der Waals surface area contributed by atoms with Crippen LogP contribution in [0.4, 0.5) is 16.2 Å². The molecule has 1 aliphatic rings. The number of anilines is 2. The van der Waals surface area contributed by atoms with Crippen LogP contribution in [0.25, 0.3) is 0 Å². The number of carbonyl (C=O) groups is 2. The second kappa shape index (κ2) is 8.84. The molecule has 7 nitrogen and oxygen atoms in total. The predicted molar refractivity (Wildman–Crippen MR) is 108 cm³/mol. The zero-order chi connectivity index (χ0) is 20.1. The van der Waals surface area contributed by atoms with E-state index in [1.807, 2.05) is 0 Å². The summed E-state index contributed by atoms with van der Waals surface area (Å²) in [5.41, 5.74) is 1.08. The molecule has 0 radical (unpaired) electrons. The molecule has 2 N–H and O–H groups in total. The van der Waals surface area contributed by atoms with E-state index in [0.717, 1.165) is 6.42 Å². The van der Waals surface area contributed by atoms with Crippen LogP contribution in [0.3, 0.4) is 0 Å². The van der Waals surface area contributed by atoms with Gasteiger partial charge < -0.3 is 25.0 Å². The summed E-state index contributed by atoms with van der Waals surface area (Å²) in [5.74, 6) is 0.864. The number of carbonyl (C=O) groups excluding carboxylic acids is 2. The van der Waals surface area contributed by atoms with E-state index in [1.54, 1.807) is 49.6 Å². The number of nitrogens with zero attached hydrogens (tertiary/aromatic N) is 1. The molecular weight excluding hydrogens is 382 g/mol. The Bertz CT molecular complexity index is 874. The number of benzene rings is 2. The van der Waals surface area contributed by atoms with Crippen molar-refractivity contribution >= 4 is 34.9 Å². The summed E-state index contributed by atoms with van der Waals surface area (Å²) in [7, 11) is 3.08. The van der Waals surface area contributed by atoms with Gasteiger partial charge >= 0.3 is 6.03 Å². The number of likely N-dealkylation sites (tertiary alicyclic amines) is 1. The van der Waals surface area contributed by atoms with Gasteiger partial charge in [-0.2, -0.15) is 0 Å². The maximum Gasteiger partial charge on any atom is 0.322 e. The molecule has 3 rings (SSSR count). The average molecular weight is 404 g/mol. The highest BCUT2D eigenvalue weighted by molar-refractivity contribution is 6.31. The number of rotatable bonds is 5. The minimum atomic E-state index is -0.575. The molecule has 0 saturated carbocycles. The first-order valence-electron chi connectivity index (χ1n) is 8.88. The van der Waals surface area contributed by atoms with Crippen molar-refractivity contribution in [2.45, 2.75) is 18.9 Å². The van der Waals surface area contributed by atoms with E-state index >= 15 is 0 Å². The minimum Gasteiger partial charge on any atom is -0.497 e. The highest BCUT2D eigenvalue weighted by Crippen LogP contribution is 2.29. The number of halogens is 1. The third-order valence-corrected chi connectivity index (χ3v) is 4.79. The molecule has 1 saturated heterocycles. The predicted octanol–water partition coefficient (Wildman–Crippen LogP) is 3.99. The summed E-state index contributed by atoms with van der Waals surface area (Å²) in [6.45, 7) is 0.501. The molecule has 1 atom stereocenters. The molecule has 0 aliphatic carbocycles. The van der Waals surface area contributed by atoms with E-state index in [1.165, 1.54) is 12.0 Å². The largest absolute Gasteiger partial charge is 0.497 e. The van der Waals surface area contributed by atoms with Gasteiger partial charge in [-0.15, -0.1) is 0 Å². The molecule has 1 heterocycles. The van der Waals surface area contributed by atoms with Crippen molar-refractivity contribution in [3.63, 3.8) is 0 Å². The molecular formula is C20H22ClN3O4. The highest BCUT2D eigenvalue weighted by Gasteiger charge is 2.34. The molecule has 148 valence electrons. The Labute approximate surface area is 168 Å². The van der Waals surface area contributed by atoms with Gasteiger partial charge in [0.1, 0.15) is 17.5 Å². The van der Waals surface area contributed by atoms with E-state index in [0.29, 0.717) is 40.9 Å². The Morgan fingerprint density at radius 1 is 1.11 bits per heavy atom. The van der Waals surface area contributed by atoms with Gasteiger partial charge in [0.05, 0.1) is 19.9 Å². The van der Waals surface area contributed by atoms with Crippen LogP contribution in [-0.2, 0) is 4.79 Å². The maximum absolute atomic E-state index is 12.8. The van der Waals surface area contributed by atoms with Crippen LogP contribution in [0.1, 0.15) is 12.8 Å². The maximum atomic E-state index is 12.8. The first-order chi connectivity index (χ1) is 13.5. The van der Waals surface area contributed by atoms with Crippen molar-refractivity contribution in [2.24, 2.45) is 0 Å². The number of urea groups is 1. The van der Waals surface area contributed by atoms with Crippen molar-refractivity contribution in [1.29, 1.82) is 0 Å². The van der Waals surface area contributed by atoms with Crippen LogP contribution in [-0.4, -0.2) is 43.6 Å². The van der Waals surface area contributed by atoms with Crippen molar-refractivity contribution in [1.82, 2.24) is 4.90 Å². The number of nitrogens with one attached hydrogen (secondary N) is 2.